The molecule has 2 N–H and O–H groups in total. The average Bonchev–Trinajstić information content (AvgIpc) is 2.28. The van der Waals surface area contributed by atoms with Crippen LogP contribution in [-0.2, 0) is 4.79 Å². The summed E-state index contributed by atoms with van der Waals surface area (Å²) in [6.07, 6.45) is 0. The van der Waals surface area contributed by atoms with Crippen molar-refractivity contribution in [3.63, 3.8) is 0 Å². The normalized spacial score (nSPS) is 33.6. The van der Waals surface area contributed by atoms with E-state index >= 15 is 0 Å². The molecule has 0 amide bonds. The van der Waals surface area contributed by atoms with Gasteiger partial charge < -0.3 is 5.11 Å². The van der Waals surface area contributed by atoms with Gasteiger partial charge in [0, 0.05) is 17.3 Å². The van der Waals surface area contributed by atoms with Crippen LogP contribution in [0.1, 0.15) is 0 Å². The lowest BCUT2D eigenvalue weighted by Gasteiger charge is -2.36. The first-order valence-electron chi connectivity index (χ1n) is 3.44. The number of carboxylic acid groups (broad SMARTS) is 1. The second kappa shape index (κ2) is 2.57. The second-order valence-electron chi connectivity index (χ2n) is 2.83. The molecular weight excluding hydrogens is 182 g/mol. The Morgan fingerprint density at radius 2 is 2.36 bits per heavy atom. The molecule has 2 aliphatic rings. The van der Waals surface area contributed by atoms with Crippen LogP contribution in [0.2, 0.25) is 0 Å². The first kappa shape index (κ1) is 7.76. The molecular formula is C6H9NO2S2. The van der Waals surface area contributed by atoms with E-state index in [9.17, 15) is 4.79 Å². The molecule has 0 aromatic heterocycles. The molecule has 0 aromatic carbocycles. The standard InChI is InChI=1S/C6H9NO2S2/c8-5(9)4-1-11-6(7-4)2-10-3-6/h4,7H,1-3H2,(H,8,9)/t4-/m1/s1. The van der Waals surface area contributed by atoms with Crippen molar-refractivity contribution in [2.45, 2.75) is 10.9 Å². The Labute approximate surface area is 73.3 Å². The fourth-order valence-corrected chi connectivity index (χ4v) is 4.08. The minimum Gasteiger partial charge on any atom is -0.480 e. The van der Waals surface area contributed by atoms with Crippen LogP contribution in [0.15, 0.2) is 0 Å². The van der Waals surface area contributed by atoms with E-state index in [0.717, 1.165) is 17.3 Å². The van der Waals surface area contributed by atoms with Crippen LogP contribution in [0, 0.1) is 0 Å². The number of hydrogen-bond acceptors (Lipinski definition) is 4. The predicted molar refractivity (Wildman–Crippen MR) is 47.1 cm³/mol. The molecule has 0 aromatic rings. The SMILES string of the molecule is O=C(O)[C@H]1CSC2(CSC2)N1. The summed E-state index contributed by atoms with van der Waals surface area (Å²) in [5.74, 6) is 2.12. The molecule has 62 valence electrons. The van der Waals surface area contributed by atoms with E-state index < -0.39 is 5.97 Å². The van der Waals surface area contributed by atoms with Gasteiger partial charge in [0.2, 0.25) is 0 Å². The van der Waals surface area contributed by atoms with Crippen molar-refractivity contribution in [3.05, 3.63) is 0 Å². The Bertz CT molecular complexity index is 193. The summed E-state index contributed by atoms with van der Waals surface area (Å²) in [6, 6.07) is -0.319. The quantitative estimate of drug-likeness (QED) is 0.621. The highest BCUT2D eigenvalue weighted by molar-refractivity contribution is 8.08. The zero-order chi connectivity index (χ0) is 7.90. The van der Waals surface area contributed by atoms with Gasteiger partial charge in [0.1, 0.15) is 6.04 Å². The highest BCUT2D eigenvalue weighted by Gasteiger charge is 2.46. The van der Waals surface area contributed by atoms with E-state index in [0.29, 0.717) is 0 Å². The molecule has 2 heterocycles. The van der Waals surface area contributed by atoms with E-state index in [1.54, 1.807) is 11.8 Å². The van der Waals surface area contributed by atoms with Crippen LogP contribution < -0.4 is 5.32 Å². The number of carboxylic acids is 1. The topological polar surface area (TPSA) is 49.3 Å². The lowest BCUT2D eigenvalue weighted by Crippen LogP contribution is -2.53. The van der Waals surface area contributed by atoms with Crippen LogP contribution in [0.3, 0.4) is 0 Å². The Hall–Kier alpha value is 0.130. The van der Waals surface area contributed by atoms with Crippen molar-refractivity contribution in [1.82, 2.24) is 5.32 Å². The predicted octanol–water partition coefficient (Wildman–Crippen LogP) is 0.219. The molecule has 11 heavy (non-hydrogen) atoms. The van der Waals surface area contributed by atoms with E-state index in [4.69, 9.17) is 5.11 Å². The summed E-state index contributed by atoms with van der Waals surface area (Å²) >= 11 is 3.63. The molecule has 0 radical (unpaired) electrons. The van der Waals surface area contributed by atoms with Gasteiger partial charge in [0.05, 0.1) is 4.87 Å². The van der Waals surface area contributed by atoms with Gasteiger partial charge in [-0.25, -0.2) is 0 Å². The van der Waals surface area contributed by atoms with Gasteiger partial charge in [-0.2, -0.15) is 11.8 Å². The molecule has 5 heteroatoms. The maximum absolute atomic E-state index is 10.5. The molecule has 0 unspecified atom stereocenters. The largest absolute Gasteiger partial charge is 0.480 e. The monoisotopic (exact) mass is 191 g/mol. The maximum atomic E-state index is 10.5. The van der Waals surface area contributed by atoms with Crippen LogP contribution in [0.4, 0.5) is 0 Å². The number of thioether (sulfide) groups is 2. The zero-order valence-electron chi connectivity index (χ0n) is 5.87. The fraction of sp³-hybridized carbons (Fsp3) is 0.833. The zero-order valence-corrected chi connectivity index (χ0v) is 7.50. The molecule has 2 aliphatic heterocycles. The van der Waals surface area contributed by atoms with Crippen LogP contribution >= 0.6 is 23.5 Å². The van der Waals surface area contributed by atoms with Crippen molar-refractivity contribution in [2.24, 2.45) is 0 Å². The van der Waals surface area contributed by atoms with Gasteiger partial charge >= 0.3 is 5.97 Å². The Morgan fingerprint density at radius 3 is 2.64 bits per heavy atom. The average molecular weight is 191 g/mol. The lowest BCUT2D eigenvalue weighted by molar-refractivity contribution is -0.138. The molecule has 0 bridgehead atoms. The van der Waals surface area contributed by atoms with E-state index in [1.165, 1.54) is 0 Å². The third-order valence-electron chi connectivity index (χ3n) is 1.93. The highest BCUT2D eigenvalue weighted by atomic mass is 32.2. The summed E-state index contributed by atoms with van der Waals surface area (Å²) in [4.78, 5) is 10.7. The molecule has 1 spiro atoms. The number of aliphatic carboxylic acids is 1. The van der Waals surface area contributed by atoms with Gasteiger partial charge in [-0.05, 0) is 0 Å². The van der Waals surface area contributed by atoms with Crippen molar-refractivity contribution in [2.75, 3.05) is 17.3 Å². The van der Waals surface area contributed by atoms with Crippen molar-refractivity contribution >= 4 is 29.5 Å². The number of carbonyl (C=O) groups is 1. The Kier molecular flexibility index (Phi) is 1.81. The van der Waals surface area contributed by atoms with E-state index in [2.05, 4.69) is 5.32 Å². The second-order valence-corrected chi connectivity index (χ2v) is 5.22. The molecule has 0 aliphatic carbocycles. The van der Waals surface area contributed by atoms with Crippen molar-refractivity contribution in [3.8, 4) is 0 Å². The molecule has 2 rings (SSSR count). The molecule has 2 fully saturated rings. The minimum atomic E-state index is -0.716. The van der Waals surface area contributed by atoms with E-state index in [1.807, 2.05) is 11.8 Å². The highest BCUT2D eigenvalue weighted by Crippen LogP contribution is 2.43. The summed E-state index contributed by atoms with van der Waals surface area (Å²) in [5, 5.41) is 11.8. The van der Waals surface area contributed by atoms with Crippen LogP contribution in [-0.4, -0.2) is 39.2 Å². The summed E-state index contributed by atoms with van der Waals surface area (Å²) in [5.41, 5.74) is 0. The third-order valence-corrected chi connectivity index (χ3v) is 5.15. The van der Waals surface area contributed by atoms with Crippen molar-refractivity contribution in [1.29, 1.82) is 0 Å². The van der Waals surface area contributed by atoms with Crippen LogP contribution in [0.5, 0.6) is 0 Å². The minimum absolute atomic E-state index is 0.119. The van der Waals surface area contributed by atoms with Gasteiger partial charge in [-0.3, -0.25) is 10.1 Å². The summed E-state index contributed by atoms with van der Waals surface area (Å²) in [7, 11) is 0. The lowest BCUT2D eigenvalue weighted by atomic mass is 10.3. The van der Waals surface area contributed by atoms with Crippen LogP contribution in [0.25, 0.3) is 0 Å². The number of nitrogens with one attached hydrogen (secondary N) is 1. The van der Waals surface area contributed by atoms with Crippen molar-refractivity contribution < 1.29 is 9.90 Å². The molecule has 3 nitrogen and oxygen atoms in total. The number of hydrogen-bond donors (Lipinski definition) is 2. The molecule has 1 atom stereocenters. The molecule has 0 saturated carbocycles. The fourth-order valence-electron chi connectivity index (χ4n) is 1.23. The number of rotatable bonds is 1. The molecule has 2 saturated heterocycles. The Balaban J connectivity index is 1.98. The smallest absolute Gasteiger partial charge is 0.321 e. The third kappa shape index (κ3) is 1.25. The summed E-state index contributed by atoms with van der Waals surface area (Å²) in [6.45, 7) is 0. The summed E-state index contributed by atoms with van der Waals surface area (Å²) < 4.78 is 0. The maximum Gasteiger partial charge on any atom is 0.321 e. The van der Waals surface area contributed by atoms with E-state index in [-0.39, 0.29) is 10.9 Å². The Morgan fingerprint density at radius 1 is 1.64 bits per heavy atom. The first-order chi connectivity index (χ1) is 5.22. The van der Waals surface area contributed by atoms with Gasteiger partial charge in [-0.15, -0.1) is 11.8 Å². The van der Waals surface area contributed by atoms with Gasteiger partial charge in [-0.1, -0.05) is 0 Å². The first-order valence-corrected chi connectivity index (χ1v) is 5.58. The van der Waals surface area contributed by atoms with Gasteiger partial charge in [0.15, 0.2) is 0 Å². The van der Waals surface area contributed by atoms with Gasteiger partial charge in [0.25, 0.3) is 0 Å².